The molecule has 1 aromatic carbocycles. The van der Waals surface area contributed by atoms with Crippen molar-refractivity contribution in [2.24, 2.45) is 0 Å². The Bertz CT molecular complexity index is 570. The van der Waals surface area contributed by atoms with Crippen LogP contribution < -0.4 is 5.32 Å². The first-order valence-corrected chi connectivity index (χ1v) is 7.16. The second-order valence-electron chi connectivity index (χ2n) is 5.27. The van der Waals surface area contributed by atoms with Crippen LogP contribution in [0.2, 0.25) is 0 Å². The molecule has 1 saturated heterocycles. The van der Waals surface area contributed by atoms with Crippen molar-refractivity contribution in [2.45, 2.75) is 38.6 Å². The highest BCUT2D eigenvalue weighted by molar-refractivity contribution is 5.76. The summed E-state index contributed by atoms with van der Waals surface area (Å²) in [5.74, 6) is 1.25. The van der Waals surface area contributed by atoms with Gasteiger partial charge in [-0.15, -0.1) is 0 Å². The van der Waals surface area contributed by atoms with Gasteiger partial charge in [0.25, 0.3) is 0 Å². The van der Waals surface area contributed by atoms with E-state index in [0.717, 1.165) is 43.8 Å². The number of nitrogens with zero attached hydrogens (tertiary/aromatic N) is 2. The van der Waals surface area contributed by atoms with Gasteiger partial charge in [-0.25, -0.2) is 9.37 Å². The molecule has 1 aliphatic rings. The van der Waals surface area contributed by atoms with Crippen molar-refractivity contribution < 1.29 is 4.39 Å². The molecule has 1 aliphatic heterocycles. The first kappa shape index (κ1) is 12.6. The molecule has 0 radical (unpaired) electrons. The predicted molar refractivity (Wildman–Crippen MR) is 74.8 cm³/mol. The van der Waals surface area contributed by atoms with Crippen LogP contribution in [0.3, 0.4) is 0 Å². The highest BCUT2D eigenvalue weighted by Crippen LogP contribution is 2.28. The van der Waals surface area contributed by atoms with Gasteiger partial charge in [-0.05, 0) is 37.9 Å². The normalized spacial score (nSPS) is 20.0. The van der Waals surface area contributed by atoms with Crippen LogP contribution in [-0.2, 0) is 6.54 Å². The summed E-state index contributed by atoms with van der Waals surface area (Å²) in [5, 5.41) is 3.41. The molecule has 102 valence electrons. The molecule has 1 N–H and O–H groups in total. The Morgan fingerprint density at radius 1 is 1.47 bits per heavy atom. The van der Waals surface area contributed by atoms with Gasteiger partial charge < -0.3 is 9.88 Å². The molecule has 0 amide bonds. The molecule has 3 nitrogen and oxygen atoms in total. The third kappa shape index (κ3) is 2.25. The lowest BCUT2D eigenvalue weighted by atomic mass is 9.99. The molecule has 1 atom stereocenters. The van der Waals surface area contributed by atoms with Gasteiger partial charge in [-0.1, -0.05) is 13.0 Å². The fourth-order valence-corrected chi connectivity index (χ4v) is 2.97. The molecule has 0 spiro atoms. The van der Waals surface area contributed by atoms with Crippen molar-refractivity contribution in [3.8, 4) is 0 Å². The first-order valence-electron chi connectivity index (χ1n) is 7.16. The summed E-state index contributed by atoms with van der Waals surface area (Å²) in [5.41, 5.74) is 1.46. The van der Waals surface area contributed by atoms with Crippen molar-refractivity contribution in [3.05, 3.63) is 29.8 Å². The lowest BCUT2D eigenvalue weighted by Crippen LogP contribution is -2.30. The molecule has 3 rings (SSSR count). The zero-order valence-corrected chi connectivity index (χ0v) is 11.3. The van der Waals surface area contributed by atoms with Crippen LogP contribution >= 0.6 is 0 Å². The van der Waals surface area contributed by atoms with E-state index < -0.39 is 0 Å². The Morgan fingerprint density at radius 2 is 2.37 bits per heavy atom. The summed E-state index contributed by atoms with van der Waals surface area (Å²) in [4.78, 5) is 4.60. The number of piperidine rings is 1. The summed E-state index contributed by atoms with van der Waals surface area (Å²) >= 11 is 0. The van der Waals surface area contributed by atoms with Gasteiger partial charge in [0, 0.05) is 19.0 Å². The van der Waals surface area contributed by atoms with Crippen LogP contribution in [0.4, 0.5) is 4.39 Å². The third-order valence-electron chi connectivity index (χ3n) is 3.87. The summed E-state index contributed by atoms with van der Waals surface area (Å²) in [7, 11) is 0. The van der Waals surface area contributed by atoms with Gasteiger partial charge in [0.1, 0.15) is 11.3 Å². The standard InChI is InChI=1S/C15H20FN3/c1-2-9-19-13-7-3-6-12(16)14(13)18-15(19)11-5-4-8-17-10-11/h3,6-7,11,17H,2,4-5,8-10H2,1H3. The molecule has 2 aromatic rings. The minimum Gasteiger partial charge on any atom is -0.328 e. The van der Waals surface area contributed by atoms with Gasteiger partial charge in [-0.3, -0.25) is 0 Å². The van der Waals surface area contributed by atoms with Crippen LogP contribution in [0.1, 0.15) is 37.9 Å². The lowest BCUT2D eigenvalue weighted by Gasteiger charge is -2.23. The van der Waals surface area contributed by atoms with E-state index >= 15 is 0 Å². The van der Waals surface area contributed by atoms with Gasteiger partial charge in [0.05, 0.1) is 5.52 Å². The number of aromatic nitrogens is 2. The summed E-state index contributed by atoms with van der Waals surface area (Å²) < 4.78 is 16.1. The average Bonchev–Trinajstić information content (AvgIpc) is 2.81. The number of rotatable bonds is 3. The number of para-hydroxylation sites is 1. The van der Waals surface area contributed by atoms with E-state index in [1.807, 2.05) is 6.07 Å². The van der Waals surface area contributed by atoms with Gasteiger partial charge in [0.15, 0.2) is 5.82 Å². The summed E-state index contributed by atoms with van der Waals surface area (Å²) in [6.45, 7) is 5.09. The number of halogens is 1. The van der Waals surface area contributed by atoms with E-state index in [0.29, 0.717) is 11.4 Å². The van der Waals surface area contributed by atoms with E-state index in [1.54, 1.807) is 6.07 Å². The van der Waals surface area contributed by atoms with Crippen molar-refractivity contribution in [1.29, 1.82) is 0 Å². The molecule has 2 heterocycles. The van der Waals surface area contributed by atoms with E-state index in [4.69, 9.17) is 0 Å². The molecule has 1 fully saturated rings. The predicted octanol–water partition coefficient (Wildman–Crippen LogP) is 3.05. The minimum atomic E-state index is -0.211. The monoisotopic (exact) mass is 261 g/mol. The van der Waals surface area contributed by atoms with Crippen LogP contribution in [0.25, 0.3) is 11.0 Å². The molecular formula is C15H20FN3. The first-order chi connectivity index (χ1) is 9.31. The quantitative estimate of drug-likeness (QED) is 0.920. The topological polar surface area (TPSA) is 29.9 Å². The SMILES string of the molecule is CCCn1c(C2CCCNC2)nc2c(F)cccc21. The summed E-state index contributed by atoms with van der Waals surface area (Å²) in [6.07, 6.45) is 3.35. The molecule has 1 aromatic heterocycles. The van der Waals surface area contributed by atoms with E-state index in [9.17, 15) is 4.39 Å². The second kappa shape index (κ2) is 5.29. The van der Waals surface area contributed by atoms with Crippen LogP contribution in [0.15, 0.2) is 18.2 Å². The number of fused-ring (bicyclic) bond motifs is 1. The Labute approximate surface area is 112 Å². The third-order valence-corrected chi connectivity index (χ3v) is 3.87. The number of hydrogen-bond donors (Lipinski definition) is 1. The highest BCUT2D eigenvalue weighted by Gasteiger charge is 2.22. The van der Waals surface area contributed by atoms with E-state index in [1.165, 1.54) is 12.5 Å². The maximum Gasteiger partial charge on any atom is 0.151 e. The van der Waals surface area contributed by atoms with Crippen LogP contribution in [-0.4, -0.2) is 22.6 Å². The van der Waals surface area contributed by atoms with Crippen LogP contribution in [0, 0.1) is 5.82 Å². The number of benzene rings is 1. The van der Waals surface area contributed by atoms with E-state index in [2.05, 4.69) is 21.8 Å². The van der Waals surface area contributed by atoms with Gasteiger partial charge >= 0.3 is 0 Å². The van der Waals surface area contributed by atoms with E-state index in [-0.39, 0.29) is 5.82 Å². The van der Waals surface area contributed by atoms with Gasteiger partial charge in [-0.2, -0.15) is 0 Å². The molecule has 0 bridgehead atoms. The molecule has 0 saturated carbocycles. The van der Waals surface area contributed by atoms with Gasteiger partial charge in [0.2, 0.25) is 0 Å². The molecule has 0 aliphatic carbocycles. The smallest absolute Gasteiger partial charge is 0.151 e. The Kier molecular flexibility index (Phi) is 3.51. The Hall–Kier alpha value is -1.42. The molecule has 19 heavy (non-hydrogen) atoms. The maximum atomic E-state index is 13.9. The van der Waals surface area contributed by atoms with Crippen molar-refractivity contribution in [2.75, 3.05) is 13.1 Å². The highest BCUT2D eigenvalue weighted by atomic mass is 19.1. The van der Waals surface area contributed by atoms with Crippen LogP contribution in [0.5, 0.6) is 0 Å². The van der Waals surface area contributed by atoms with Crippen molar-refractivity contribution >= 4 is 11.0 Å². The minimum absolute atomic E-state index is 0.211. The average molecular weight is 261 g/mol. The fourth-order valence-electron chi connectivity index (χ4n) is 2.97. The van der Waals surface area contributed by atoms with Crippen molar-refractivity contribution in [3.63, 3.8) is 0 Å². The van der Waals surface area contributed by atoms with Crippen molar-refractivity contribution in [1.82, 2.24) is 14.9 Å². The molecule has 1 unspecified atom stereocenters. The largest absolute Gasteiger partial charge is 0.328 e. The zero-order chi connectivity index (χ0) is 13.2. The Balaban J connectivity index is 2.11. The number of hydrogen-bond acceptors (Lipinski definition) is 2. The maximum absolute atomic E-state index is 13.9. The number of imidazole rings is 1. The fraction of sp³-hybridized carbons (Fsp3) is 0.533. The Morgan fingerprint density at radius 3 is 3.11 bits per heavy atom. The second-order valence-corrected chi connectivity index (χ2v) is 5.27. The zero-order valence-electron chi connectivity index (χ0n) is 11.3. The number of aryl methyl sites for hydroxylation is 1. The summed E-state index contributed by atoms with van der Waals surface area (Å²) in [6, 6.07) is 5.24. The lowest BCUT2D eigenvalue weighted by molar-refractivity contribution is 0.433. The number of nitrogens with one attached hydrogen (secondary N) is 1. The molecular weight excluding hydrogens is 241 g/mol. The molecule has 4 heteroatoms.